The van der Waals surface area contributed by atoms with Crippen LogP contribution in [0.2, 0.25) is 0 Å². The quantitative estimate of drug-likeness (QED) is 0.802. The van der Waals surface area contributed by atoms with Crippen LogP contribution in [0.4, 0.5) is 5.69 Å². The second-order valence-electron chi connectivity index (χ2n) is 6.62. The fourth-order valence-corrected chi connectivity index (χ4v) is 3.43. The first-order valence-electron chi connectivity index (χ1n) is 7.75. The minimum absolute atomic E-state index is 0.0653. The van der Waals surface area contributed by atoms with Crippen LogP contribution in [-0.2, 0) is 15.6 Å². The number of carbonyl (C=O) groups is 1. The van der Waals surface area contributed by atoms with Crippen molar-refractivity contribution in [3.63, 3.8) is 0 Å². The zero-order valence-corrected chi connectivity index (χ0v) is 16.4. The van der Waals surface area contributed by atoms with Crippen LogP contribution in [0.25, 0.3) is 0 Å². The number of hydrogen-bond acceptors (Lipinski definition) is 5. The summed E-state index contributed by atoms with van der Waals surface area (Å²) < 4.78 is 23.9. The minimum Gasteiger partial charge on any atom is -0.322 e. The Hall–Kier alpha value is -1.86. The number of rotatable bonds is 5. The monoisotopic (exact) mass is 378 g/mol. The molecule has 1 amide bonds. The molecule has 0 aliphatic heterocycles. The molecule has 0 radical (unpaired) electrons. The summed E-state index contributed by atoms with van der Waals surface area (Å²) in [5.74, 6) is -0.347. The largest absolute Gasteiger partial charge is 0.322 e. The van der Waals surface area contributed by atoms with Gasteiger partial charge in [0.2, 0.25) is 0 Å². The fraction of sp³-hybridized carbons (Fsp3) is 0.333. The molecule has 0 aliphatic carbocycles. The molecule has 0 saturated carbocycles. The van der Waals surface area contributed by atoms with E-state index in [-0.39, 0.29) is 11.7 Å². The summed E-state index contributed by atoms with van der Waals surface area (Å²) in [5.41, 5.74) is 1.65. The smallest absolute Gasteiger partial charge is 0.257 e. The summed E-state index contributed by atoms with van der Waals surface area (Å²) in [6, 6.07) is 10.4. The minimum atomic E-state index is -3.28. The van der Waals surface area contributed by atoms with Crippen LogP contribution in [0.15, 0.2) is 47.6 Å². The first-order chi connectivity index (χ1) is 11.6. The van der Waals surface area contributed by atoms with E-state index in [4.69, 9.17) is 0 Å². The molecule has 0 aliphatic rings. The summed E-state index contributed by atoms with van der Waals surface area (Å²) in [4.78, 5) is 16.5. The number of thioether (sulfide) groups is 1. The maximum absolute atomic E-state index is 12.3. The second-order valence-corrected chi connectivity index (χ2v) is 10.2. The number of pyridine rings is 1. The number of anilines is 1. The molecule has 1 aromatic heterocycles. The first-order valence-corrected chi connectivity index (χ1v) is 10.6. The molecule has 7 heteroatoms. The first kappa shape index (κ1) is 19.5. The van der Waals surface area contributed by atoms with Gasteiger partial charge in [-0.05, 0) is 56.9 Å². The van der Waals surface area contributed by atoms with Gasteiger partial charge < -0.3 is 5.32 Å². The molecule has 0 bridgehead atoms. The molecule has 0 saturated heterocycles. The highest BCUT2D eigenvalue weighted by atomic mass is 32.2. The van der Waals surface area contributed by atoms with Crippen LogP contribution in [0.1, 0.15) is 36.7 Å². The van der Waals surface area contributed by atoms with E-state index >= 15 is 0 Å². The standard InChI is InChI=1S/C18H22N2O3S2/c1-18(2,3)25(22,23)12-13-6-5-7-15(10-13)20-17(21)14-8-9-16(24-4)19-11-14/h5-11H,12H2,1-4H3,(H,20,21). The number of nitrogens with one attached hydrogen (secondary N) is 1. The topological polar surface area (TPSA) is 76.1 Å². The SMILES string of the molecule is CSc1ccc(C(=O)Nc2cccc(CS(=O)(=O)C(C)(C)C)c2)cn1. The van der Waals surface area contributed by atoms with Gasteiger partial charge in [-0.2, -0.15) is 0 Å². The average Bonchev–Trinajstić information content (AvgIpc) is 2.53. The van der Waals surface area contributed by atoms with Gasteiger partial charge in [0, 0.05) is 11.9 Å². The second kappa shape index (κ2) is 7.58. The Labute approximate surface area is 153 Å². The highest BCUT2D eigenvalue weighted by Gasteiger charge is 2.29. The van der Waals surface area contributed by atoms with Crippen molar-refractivity contribution in [1.29, 1.82) is 0 Å². The average molecular weight is 379 g/mol. The van der Waals surface area contributed by atoms with Gasteiger partial charge in [0.25, 0.3) is 5.91 Å². The third-order valence-electron chi connectivity index (χ3n) is 3.68. The zero-order valence-electron chi connectivity index (χ0n) is 14.7. The lowest BCUT2D eigenvalue weighted by Gasteiger charge is -2.19. The molecule has 25 heavy (non-hydrogen) atoms. The number of aromatic nitrogens is 1. The number of nitrogens with zero attached hydrogens (tertiary/aromatic N) is 1. The molecule has 0 unspecified atom stereocenters. The van der Waals surface area contributed by atoms with E-state index in [1.165, 1.54) is 18.0 Å². The van der Waals surface area contributed by atoms with E-state index in [2.05, 4.69) is 10.3 Å². The van der Waals surface area contributed by atoms with E-state index in [9.17, 15) is 13.2 Å². The van der Waals surface area contributed by atoms with Crippen molar-refractivity contribution >= 4 is 33.2 Å². The lowest BCUT2D eigenvalue weighted by molar-refractivity contribution is 0.102. The summed E-state index contributed by atoms with van der Waals surface area (Å²) in [7, 11) is -3.28. The van der Waals surface area contributed by atoms with Crippen molar-refractivity contribution in [2.45, 2.75) is 36.3 Å². The molecule has 5 nitrogen and oxygen atoms in total. The predicted octanol–water partition coefficient (Wildman–Crippen LogP) is 3.77. The van der Waals surface area contributed by atoms with E-state index in [0.717, 1.165) is 5.03 Å². The number of hydrogen-bond donors (Lipinski definition) is 1. The van der Waals surface area contributed by atoms with Gasteiger partial charge in [0.05, 0.1) is 21.1 Å². The van der Waals surface area contributed by atoms with E-state index < -0.39 is 14.6 Å². The number of benzene rings is 1. The molecule has 1 N–H and O–H groups in total. The third-order valence-corrected chi connectivity index (χ3v) is 6.92. The molecular formula is C18H22N2O3S2. The molecule has 2 rings (SSSR count). The van der Waals surface area contributed by atoms with Crippen molar-refractivity contribution in [2.24, 2.45) is 0 Å². The Kier molecular flexibility index (Phi) is 5.90. The van der Waals surface area contributed by atoms with Crippen molar-refractivity contribution in [2.75, 3.05) is 11.6 Å². The Balaban J connectivity index is 2.14. The molecular weight excluding hydrogens is 356 g/mol. The van der Waals surface area contributed by atoms with Crippen molar-refractivity contribution in [1.82, 2.24) is 4.98 Å². The van der Waals surface area contributed by atoms with Gasteiger partial charge in [-0.15, -0.1) is 11.8 Å². The Morgan fingerprint density at radius 1 is 1.20 bits per heavy atom. The molecule has 0 spiro atoms. The van der Waals surface area contributed by atoms with Crippen molar-refractivity contribution in [3.05, 3.63) is 53.7 Å². The highest BCUT2D eigenvalue weighted by Crippen LogP contribution is 2.22. The molecule has 134 valence electrons. The Morgan fingerprint density at radius 2 is 1.92 bits per heavy atom. The molecule has 1 aromatic carbocycles. The summed E-state index contributed by atoms with van der Waals surface area (Å²) in [5, 5.41) is 3.62. The number of carbonyl (C=O) groups excluding carboxylic acids is 1. The van der Waals surface area contributed by atoms with Crippen LogP contribution in [0.5, 0.6) is 0 Å². The summed E-state index contributed by atoms with van der Waals surface area (Å²) >= 11 is 1.50. The summed E-state index contributed by atoms with van der Waals surface area (Å²) in [6.45, 7) is 5.04. The summed E-state index contributed by atoms with van der Waals surface area (Å²) in [6.07, 6.45) is 3.44. The van der Waals surface area contributed by atoms with Gasteiger partial charge in [0.15, 0.2) is 9.84 Å². The normalized spacial score (nSPS) is 12.0. The lowest BCUT2D eigenvalue weighted by atomic mass is 10.2. The van der Waals surface area contributed by atoms with Crippen LogP contribution >= 0.6 is 11.8 Å². The van der Waals surface area contributed by atoms with Crippen molar-refractivity contribution < 1.29 is 13.2 Å². The van der Waals surface area contributed by atoms with E-state index in [1.54, 1.807) is 57.2 Å². The van der Waals surface area contributed by atoms with Gasteiger partial charge in [0.1, 0.15) is 0 Å². The van der Waals surface area contributed by atoms with Gasteiger partial charge in [-0.1, -0.05) is 12.1 Å². The Bertz CT molecular complexity index is 855. The van der Waals surface area contributed by atoms with Crippen LogP contribution < -0.4 is 5.32 Å². The lowest BCUT2D eigenvalue weighted by Crippen LogP contribution is -2.29. The zero-order chi connectivity index (χ0) is 18.7. The van der Waals surface area contributed by atoms with Gasteiger partial charge in [-0.3, -0.25) is 4.79 Å². The van der Waals surface area contributed by atoms with Crippen LogP contribution in [-0.4, -0.2) is 30.3 Å². The molecule has 0 fully saturated rings. The van der Waals surface area contributed by atoms with Gasteiger partial charge >= 0.3 is 0 Å². The molecule has 2 aromatic rings. The fourth-order valence-electron chi connectivity index (χ4n) is 2.01. The number of sulfone groups is 1. The maximum atomic E-state index is 12.3. The van der Waals surface area contributed by atoms with E-state index in [1.807, 2.05) is 6.26 Å². The Morgan fingerprint density at radius 3 is 2.48 bits per heavy atom. The number of amides is 1. The predicted molar refractivity (Wildman–Crippen MR) is 103 cm³/mol. The molecule has 1 heterocycles. The van der Waals surface area contributed by atoms with Crippen LogP contribution in [0.3, 0.4) is 0 Å². The van der Waals surface area contributed by atoms with Gasteiger partial charge in [-0.25, -0.2) is 13.4 Å². The van der Waals surface area contributed by atoms with E-state index in [0.29, 0.717) is 16.8 Å². The maximum Gasteiger partial charge on any atom is 0.257 e. The molecule has 0 atom stereocenters. The van der Waals surface area contributed by atoms with Crippen LogP contribution in [0, 0.1) is 0 Å². The van der Waals surface area contributed by atoms with Crippen molar-refractivity contribution in [3.8, 4) is 0 Å². The third kappa shape index (κ3) is 5.06. The highest BCUT2D eigenvalue weighted by molar-refractivity contribution is 7.98.